The molecule has 5 rings (SSSR count). The minimum atomic E-state index is -3.35. The largest absolute Gasteiger partial charge is 0.536 e. The summed E-state index contributed by atoms with van der Waals surface area (Å²) in [6.07, 6.45) is 8.24. The molecule has 0 aliphatic heterocycles. The van der Waals surface area contributed by atoms with Crippen LogP contribution in [0.1, 0.15) is 108 Å². The van der Waals surface area contributed by atoms with Crippen molar-refractivity contribution in [2.24, 2.45) is 0 Å². The second kappa shape index (κ2) is 19.2. The Kier molecular flexibility index (Phi) is 14.7. The van der Waals surface area contributed by atoms with E-state index in [0.717, 1.165) is 94.4 Å². The van der Waals surface area contributed by atoms with Crippen molar-refractivity contribution in [2.75, 3.05) is 48.8 Å². The Morgan fingerprint density at radius 2 is 1.05 bits per heavy atom. The lowest BCUT2D eigenvalue weighted by Gasteiger charge is -2.35. The molecule has 0 fully saturated rings. The number of fused-ring (bicyclic) bond motifs is 3. The first-order chi connectivity index (χ1) is 26.7. The van der Waals surface area contributed by atoms with E-state index in [2.05, 4.69) is 54.0 Å². The molecule has 0 atom stereocenters. The molecule has 0 radical (unpaired) electrons. The fourth-order valence-corrected chi connectivity index (χ4v) is 9.79. The number of methoxy groups -OCH3 is 2. The van der Waals surface area contributed by atoms with Gasteiger partial charge in [0.2, 0.25) is 0 Å². The molecule has 0 unspecified atom stereocenters. The lowest BCUT2D eigenvalue weighted by Crippen LogP contribution is -2.55. The average Bonchev–Trinajstić information content (AvgIpc) is 3.50. The minimum absolute atomic E-state index is 0.297. The highest BCUT2D eigenvalue weighted by molar-refractivity contribution is 9.10. The van der Waals surface area contributed by atoms with Gasteiger partial charge in [-0.05, 0) is 82.6 Å². The quantitative estimate of drug-likeness (QED) is 0.0432. The summed E-state index contributed by atoms with van der Waals surface area (Å²) in [6, 6.07) is 23.7. The van der Waals surface area contributed by atoms with E-state index in [4.69, 9.17) is 32.2 Å². The molecule has 4 aromatic carbocycles. The van der Waals surface area contributed by atoms with Gasteiger partial charge in [-0.2, -0.15) is 0 Å². The van der Waals surface area contributed by atoms with Crippen LogP contribution < -0.4 is 14.7 Å². The summed E-state index contributed by atoms with van der Waals surface area (Å²) < 4.78 is 41.9. The van der Waals surface area contributed by atoms with Crippen molar-refractivity contribution in [2.45, 2.75) is 70.6 Å². The lowest BCUT2D eigenvalue weighted by molar-refractivity contribution is 0.0586. The van der Waals surface area contributed by atoms with Gasteiger partial charge in [-0.3, -0.25) is 0 Å². The maximum absolute atomic E-state index is 13.6. The van der Waals surface area contributed by atoms with E-state index >= 15 is 0 Å². The molecular weight excluding hydrogens is 780 g/mol. The molecule has 0 N–H and O–H groups in total. The Morgan fingerprint density at radius 3 is 1.51 bits per heavy atom. The van der Waals surface area contributed by atoms with Gasteiger partial charge in [-0.1, -0.05) is 105 Å². The molecular formula is C44H53BrO9Si. The Hall–Kier alpha value is -4.00. The number of carbonyl (C=O) groups is 2. The number of rotatable bonds is 20. The van der Waals surface area contributed by atoms with Gasteiger partial charge < -0.3 is 32.2 Å². The van der Waals surface area contributed by atoms with E-state index in [9.17, 15) is 9.59 Å². The number of benzene rings is 4. The van der Waals surface area contributed by atoms with E-state index in [1.165, 1.54) is 14.2 Å². The number of carbonyl (C=O) groups excluding carboxylic acids is 2. The van der Waals surface area contributed by atoms with Crippen molar-refractivity contribution >= 4 is 41.9 Å². The van der Waals surface area contributed by atoms with Crippen LogP contribution in [0.25, 0.3) is 11.1 Å². The summed E-state index contributed by atoms with van der Waals surface area (Å²) in [4.78, 5) is 27.2. The average molecular weight is 834 g/mol. The molecule has 4 aromatic rings. The van der Waals surface area contributed by atoms with E-state index in [0.29, 0.717) is 35.8 Å². The molecule has 0 aromatic heterocycles. The van der Waals surface area contributed by atoms with E-state index in [-0.39, 0.29) is 0 Å². The predicted octanol–water partition coefficient (Wildman–Crippen LogP) is 9.39. The number of halogens is 1. The second-order valence-electron chi connectivity index (χ2n) is 13.6. The van der Waals surface area contributed by atoms with E-state index in [1.807, 2.05) is 48.5 Å². The van der Waals surface area contributed by atoms with Gasteiger partial charge in [0, 0.05) is 31.0 Å². The molecule has 0 amide bonds. The smallest absolute Gasteiger partial charge is 0.493 e. The molecule has 0 saturated heterocycles. The number of unbranched alkanes of at least 4 members (excludes halogenated alkanes) is 6. The molecule has 11 heteroatoms. The van der Waals surface area contributed by atoms with Gasteiger partial charge >= 0.3 is 20.7 Å². The Morgan fingerprint density at radius 1 is 0.582 bits per heavy atom. The third kappa shape index (κ3) is 8.41. The standard InChI is InChI=1S/C44H53BrO9Si/c1-8-10-12-14-24-53-40-22-16-30(26-36(40)42(46)48-3)44(31-17-23-41(37(27-31)43(47)49-4)54-25-15-13-11-9-2)38-28-32(45)18-20-34(38)35-21-19-33(29-39(35)44)55(50-5,51-6)52-7/h16-23,26-29H,8-15,24-25H2,1-7H3. The van der Waals surface area contributed by atoms with Crippen LogP contribution in [0.4, 0.5) is 0 Å². The van der Waals surface area contributed by atoms with E-state index < -0.39 is 26.2 Å². The number of hydrogen-bond donors (Lipinski definition) is 0. The molecule has 1 aliphatic carbocycles. The van der Waals surface area contributed by atoms with Gasteiger partial charge in [0.25, 0.3) is 0 Å². The van der Waals surface area contributed by atoms with Crippen LogP contribution in [0.3, 0.4) is 0 Å². The first-order valence-electron chi connectivity index (χ1n) is 19.0. The van der Waals surface area contributed by atoms with Crippen LogP contribution in [-0.2, 0) is 28.2 Å². The first kappa shape index (κ1) is 42.1. The summed E-state index contributed by atoms with van der Waals surface area (Å²) >= 11 is 3.76. The Labute approximate surface area is 335 Å². The summed E-state index contributed by atoms with van der Waals surface area (Å²) in [5.74, 6) is -0.159. The van der Waals surface area contributed by atoms with Gasteiger partial charge in [-0.15, -0.1) is 0 Å². The summed E-state index contributed by atoms with van der Waals surface area (Å²) in [7, 11) is 4.13. The molecule has 1 aliphatic rings. The monoisotopic (exact) mass is 832 g/mol. The van der Waals surface area contributed by atoms with Crippen molar-refractivity contribution < 1.29 is 41.8 Å². The summed E-state index contributed by atoms with van der Waals surface area (Å²) in [5, 5.41) is 0.746. The minimum Gasteiger partial charge on any atom is -0.493 e. The molecule has 0 heterocycles. The van der Waals surface area contributed by atoms with Crippen molar-refractivity contribution in [3.63, 3.8) is 0 Å². The second-order valence-corrected chi connectivity index (χ2v) is 17.4. The van der Waals surface area contributed by atoms with E-state index in [1.54, 1.807) is 21.3 Å². The Balaban J connectivity index is 1.84. The van der Waals surface area contributed by atoms with Crippen LogP contribution in [0, 0.1) is 0 Å². The maximum Gasteiger partial charge on any atom is 0.536 e. The molecule has 9 nitrogen and oxygen atoms in total. The van der Waals surface area contributed by atoms with Crippen molar-refractivity contribution in [1.29, 1.82) is 0 Å². The fourth-order valence-electron chi connectivity index (χ4n) is 7.62. The summed E-state index contributed by atoms with van der Waals surface area (Å²) in [6.45, 7) is 5.26. The summed E-state index contributed by atoms with van der Waals surface area (Å²) in [5.41, 5.74) is 4.77. The topological polar surface area (TPSA) is 98.8 Å². The van der Waals surface area contributed by atoms with Crippen molar-refractivity contribution in [1.82, 2.24) is 0 Å². The molecule has 0 spiro atoms. The zero-order valence-corrected chi connectivity index (χ0v) is 35.6. The van der Waals surface area contributed by atoms with Crippen LogP contribution in [0.5, 0.6) is 11.5 Å². The number of ether oxygens (including phenoxy) is 4. The normalized spacial score (nSPS) is 12.9. The number of hydrogen-bond acceptors (Lipinski definition) is 9. The fraction of sp³-hybridized carbons (Fsp3) is 0.409. The zero-order valence-electron chi connectivity index (χ0n) is 33.1. The third-order valence-electron chi connectivity index (χ3n) is 10.4. The van der Waals surface area contributed by atoms with Crippen LogP contribution in [0.15, 0.2) is 77.3 Å². The highest BCUT2D eigenvalue weighted by Gasteiger charge is 2.50. The first-order valence-corrected chi connectivity index (χ1v) is 21.5. The van der Waals surface area contributed by atoms with Crippen LogP contribution in [0.2, 0.25) is 0 Å². The zero-order chi connectivity index (χ0) is 39.6. The van der Waals surface area contributed by atoms with Gasteiger partial charge in [-0.25, -0.2) is 9.59 Å². The molecule has 0 saturated carbocycles. The number of esters is 2. The van der Waals surface area contributed by atoms with Crippen LogP contribution in [-0.4, -0.2) is 69.5 Å². The molecule has 294 valence electrons. The van der Waals surface area contributed by atoms with Gasteiger partial charge in [0.05, 0.1) is 32.8 Å². The highest BCUT2D eigenvalue weighted by atomic mass is 79.9. The predicted molar refractivity (Wildman–Crippen MR) is 220 cm³/mol. The SMILES string of the molecule is CCCCCCOc1ccc(C2(c3ccc(OCCCCCC)c(C(=O)OC)c3)c3cc(Br)ccc3-c3ccc([Si](OC)(OC)OC)cc32)cc1C(=O)OC. The molecule has 55 heavy (non-hydrogen) atoms. The maximum atomic E-state index is 13.6. The van der Waals surface area contributed by atoms with Crippen molar-refractivity contribution in [3.8, 4) is 22.6 Å². The van der Waals surface area contributed by atoms with Crippen LogP contribution >= 0.6 is 15.9 Å². The van der Waals surface area contributed by atoms with Gasteiger partial charge in [0.1, 0.15) is 22.6 Å². The lowest BCUT2D eigenvalue weighted by atomic mass is 9.67. The molecule has 0 bridgehead atoms. The third-order valence-corrected chi connectivity index (χ3v) is 13.5. The van der Waals surface area contributed by atoms with Gasteiger partial charge in [0.15, 0.2) is 0 Å². The highest BCUT2D eigenvalue weighted by Crippen LogP contribution is 2.57. The Bertz CT molecular complexity index is 1870. The van der Waals surface area contributed by atoms with Crippen molar-refractivity contribution in [3.05, 3.63) is 111 Å².